The molecule has 0 bridgehead atoms. The minimum atomic E-state index is -0.208. The molecule has 0 aromatic rings. The van der Waals surface area contributed by atoms with Gasteiger partial charge in [-0.15, -0.1) is 0 Å². The lowest BCUT2D eigenvalue weighted by Gasteiger charge is -2.31. The Morgan fingerprint density at radius 3 is 2.38 bits per heavy atom. The zero-order valence-corrected chi connectivity index (χ0v) is 8.38. The van der Waals surface area contributed by atoms with E-state index in [2.05, 4.69) is 18.2 Å². The van der Waals surface area contributed by atoms with E-state index in [1.165, 1.54) is 12.7 Å². The number of allylic oxidation sites excluding steroid dienone is 1. The molecule has 1 amide bonds. The first-order valence-corrected chi connectivity index (χ1v) is 4.63. The molecule has 3 nitrogen and oxygen atoms in total. The SMILES string of the molecule is C=C(C)C1CCN(C(=O)OC)CC1. The summed E-state index contributed by atoms with van der Waals surface area (Å²) in [5, 5.41) is 0. The summed E-state index contributed by atoms with van der Waals surface area (Å²) in [5.74, 6) is 0.584. The predicted molar refractivity (Wildman–Crippen MR) is 51.5 cm³/mol. The summed E-state index contributed by atoms with van der Waals surface area (Å²) in [6.07, 6.45) is 1.83. The highest BCUT2D eigenvalue weighted by molar-refractivity contribution is 5.67. The first kappa shape index (κ1) is 10.1. The van der Waals surface area contributed by atoms with E-state index >= 15 is 0 Å². The molecule has 1 rings (SSSR count). The zero-order valence-electron chi connectivity index (χ0n) is 8.38. The van der Waals surface area contributed by atoms with E-state index in [0.29, 0.717) is 5.92 Å². The van der Waals surface area contributed by atoms with Crippen LogP contribution in [-0.2, 0) is 4.74 Å². The third-order valence-electron chi connectivity index (χ3n) is 2.62. The lowest BCUT2D eigenvalue weighted by Crippen LogP contribution is -2.38. The summed E-state index contributed by atoms with van der Waals surface area (Å²) < 4.78 is 4.65. The molecule has 0 radical (unpaired) electrons. The number of rotatable bonds is 1. The van der Waals surface area contributed by atoms with Gasteiger partial charge in [-0.1, -0.05) is 12.2 Å². The molecule has 0 N–H and O–H groups in total. The normalized spacial score (nSPS) is 18.5. The van der Waals surface area contributed by atoms with E-state index in [0.717, 1.165) is 25.9 Å². The van der Waals surface area contributed by atoms with Crippen molar-refractivity contribution in [3.05, 3.63) is 12.2 Å². The quantitative estimate of drug-likeness (QED) is 0.582. The van der Waals surface area contributed by atoms with Crippen LogP contribution in [0.3, 0.4) is 0 Å². The van der Waals surface area contributed by atoms with Gasteiger partial charge in [0.25, 0.3) is 0 Å². The smallest absolute Gasteiger partial charge is 0.409 e. The minimum Gasteiger partial charge on any atom is -0.453 e. The highest BCUT2D eigenvalue weighted by Crippen LogP contribution is 2.23. The molecular weight excluding hydrogens is 166 g/mol. The molecule has 1 heterocycles. The number of piperidine rings is 1. The molecule has 0 aromatic carbocycles. The van der Waals surface area contributed by atoms with Gasteiger partial charge >= 0.3 is 6.09 Å². The maximum absolute atomic E-state index is 11.1. The number of ether oxygens (including phenoxy) is 1. The van der Waals surface area contributed by atoms with Gasteiger partial charge in [-0.25, -0.2) is 4.79 Å². The molecule has 1 fully saturated rings. The highest BCUT2D eigenvalue weighted by atomic mass is 16.5. The van der Waals surface area contributed by atoms with Gasteiger partial charge in [0.2, 0.25) is 0 Å². The van der Waals surface area contributed by atoms with E-state index in [1.54, 1.807) is 4.90 Å². The molecule has 1 saturated heterocycles. The second-order valence-electron chi connectivity index (χ2n) is 3.58. The maximum atomic E-state index is 11.1. The summed E-state index contributed by atoms with van der Waals surface area (Å²) in [4.78, 5) is 12.9. The third kappa shape index (κ3) is 2.47. The Bertz CT molecular complexity index is 205. The molecule has 0 saturated carbocycles. The van der Waals surface area contributed by atoms with Crippen LogP contribution < -0.4 is 0 Å². The number of carbonyl (C=O) groups is 1. The van der Waals surface area contributed by atoms with E-state index in [4.69, 9.17) is 0 Å². The summed E-state index contributed by atoms with van der Waals surface area (Å²) in [7, 11) is 1.42. The molecule has 0 aromatic heterocycles. The average molecular weight is 183 g/mol. The number of carbonyl (C=O) groups excluding carboxylic acids is 1. The van der Waals surface area contributed by atoms with Crippen molar-refractivity contribution in [1.29, 1.82) is 0 Å². The van der Waals surface area contributed by atoms with Gasteiger partial charge in [0.1, 0.15) is 0 Å². The molecule has 1 aliphatic rings. The van der Waals surface area contributed by atoms with Gasteiger partial charge in [-0.2, -0.15) is 0 Å². The van der Waals surface area contributed by atoms with Crippen LogP contribution in [0.2, 0.25) is 0 Å². The maximum Gasteiger partial charge on any atom is 0.409 e. The molecular formula is C10H17NO2. The topological polar surface area (TPSA) is 29.5 Å². The minimum absolute atomic E-state index is 0.208. The Morgan fingerprint density at radius 1 is 1.46 bits per heavy atom. The summed E-state index contributed by atoms with van der Waals surface area (Å²) in [6, 6.07) is 0. The Morgan fingerprint density at radius 2 is 2.00 bits per heavy atom. The van der Waals surface area contributed by atoms with Gasteiger partial charge < -0.3 is 9.64 Å². The van der Waals surface area contributed by atoms with Crippen LogP contribution in [0.15, 0.2) is 12.2 Å². The van der Waals surface area contributed by atoms with Gasteiger partial charge in [-0.3, -0.25) is 0 Å². The Labute approximate surface area is 79.4 Å². The van der Waals surface area contributed by atoms with Crippen molar-refractivity contribution in [2.45, 2.75) is 19.8 Å². The number of likely N-dealkylation sites (tertiary alicyclic amines) is 1. The molecule has 0 unspecified atom stereocenters. The summed E-state index contributed by atoms with van der Waals surface area (Å²) in [6.45, 7) is 7.58. The van der Waals surface area contributed by atoms with Crippen molar-refractivity contribution in [3.8, 4) is 0 Å². The molecule has 0 atom stereocenters. The number of methoxy groups -OCH3 is 1. The Kier molecular flexibility index (Phi) is 3.34. The standard InChI is InChI=1S/C10H17NO2/c1-8(2)9-4-6-11(7-5-9)10(12)13-3/h9H,1,4-7H2,2-3H3. The lowest BCUT2D eigenvalue weighted by atomic mass is 9.91. The fraction of sp³-hybridized carbons (Fsp3) is 0.700. The molecule has 13 heavy (non-hydrogen) atoms. The van der Waals surface area contributed by atoms with E-state index in [9.17, 15) is 4.79 Å². The van der Waals surface area contributed by atoms with Gasteiger partial charge in [0.15, 0.2) is 0 Å². The Balaban J connectivity index is 2.39. The zero-order chi connectivity index (χ0) is 9.84. The van der Waals surface area contributed by atoms with Crippen molar-refractivity contribution >= 4 is 6.09 Å². The fourth-order valence-electron chi connectivity index (χ4n) is 1.68. The third-order valence-corrected chi connectivity index (χ3v) is 2.62. The van der Waals surface area contributed by atoms with Crippen molar-refractivity contribution in [3.63, 3.8) is 0 Å². The van der Waals surface area contributed by atoms with Crippen molar-refractivity contribution in [2.24, 2.45) is 5.92 Å². The number of amides is 1. The van der Waals surface area contributed by atoms with Crippen LogP contribution in [0, 0.1) is 5.92 Å². The second-order valence-corrected chi connectivity index (χ2v) is 3.58. The number of hydrogen-bond acceptors (Lipinski definition) is 2. The second kappa shape index (κ2) is 4.30. The molecule has 0 aliphatic carbocycles. The van der Waals surface area contributed by atoms with Crippen LogP contribution in [0.1, 0.15) is 19.8 Å². The van der Waals surface area contributed by atoms with Crippen LogP contribution in [0.4, 0.5) is 4.79 Å². The van der Waals surface area contributed by atoms with Crippen LogP contribution in [0.5, 0.6) is 0 Å². The predicted octanol–water partition coefficient (Wildman–Crippen LogP) is 2.04. The number of hydrogen-bond donors (Lipinski definition) is 0. The highest BCUT2D eigenvalue weighted by Gasteiger charge is 2.22. The molecule has 0 spiro atoms. The monoisotopic (exact) mass is 183 g/mol. The molecule has 3 heteroatoms. The van der Waals surface area contributed by atoms with Crippen LogP contribution in [0.25, 0.3) is 0 Å². The van der Waals surface area contributed by atoms with Gasteiger partial charge in [0, 0.05) is 13.1 Å². The fourth-order valence-corrected chi connectivity index (χ4v) is 1.68. The largest absolute Gasteiger partial charge is 0.453 e. The number of nitrogens with zero attached hydrogens (tertiary/aromatic N) is 1. The van der Waals surface area contributed by atoms with Crippen molar-refractivity contribution < 1.29 is 9.53 Å². The Hall–Kier alpha value is -0.990. The molecule has 1 aliphatic heterocycles. The summed E-state index contributed by atoms with van der Waals surface area (Å²) >= 11 is 0. The van der Waals surface area contributed by atoms with E-state index in [1.807, 2.05) is 0 Å². The average Bonchev–Trinajstić information content (AvgIpc) is 2.17. The summed E-state index contributed by atoms with van der Waals surface area (Å²) in [5.41, 5.74) is 1.23. The van der Waals surface area contributed by atoms with Crippen molar-refractivity contribution in [2.75, 3.05) is 20.2 Å². The first-order valence-electron chi connectivity index (χ1n) is 4.63. The van der Waals surface area contributed by atoms with E-state index in [-0.39, 0.29) is 6.09 Å². The van der Waals surface area contributed by atoms with Crippen molar-refractivity contribution in [1.82, 2.24) is 4.90 Å². The van der Waals surface area contributed by atoms with Crippen LogP contribution in [-0.4, -0.2) is 31.2 Å². The van der Waals surface area contributed by atoms with Crippen LogP contribution >= 0.6 is 0 Å². The first-order chi connectivity index (χ1) is 6.15. The van der Waals surface area contributed by atoms with Gasteiger partial charge in [-0.05, 0) is 25.7 Å². The van der Waals surface area contributed by atoms with Gasteiger partial charge in [0.05, 0.1) is 7.11 Å². The lowest BCUT2D eigenvalue weighted by molar-refractivity contribution is 0.109. The molecule has 74 valence electrons. The van der Waals surface area contributed by atoms with E-state index < -0.39 is 0 Å².